The van der Waals surface area contributed by atoms with Crippen LogP contribution in [0.5, 0.6) is 0 Å². The number of rotatable bonds is 0. The Labute approximate surface area is 73.2 Å². The average molecular weight is 165 g/mol. The van der Waals surface area contributed by atoms with Gasteiger partial charge >= 0.3 is 0 Å². The molecule has 0 N–H and O–H groups in total. The van der Waals surface area contributed by atoms with Crippen LogP contribution in [0.3, 0.4) is 0 Å². The largest absolute Gasteiger partial charge is 0.374 e. The first-order valence-corrected chi connectivity index (χ1v) is 4.77. The van der Waals surface area contributed by atoms with E-state index < -0.39 is 0 Å². The summed E-state index contributed by atoms with van der Waals surface area (Å²) in [5.74, 6) is 0.364. The first-order chi connectivity index (χ1) is 5.79. The third-order valence-electron chi connectivity index (χ3n) is 2.93. The van der Waals surface area contributed by atoms with Crippen LogP contribution >= 0.6 is 0 Å². The lowest BCUT2D eigenvalue weighted by atomic mass is 9.95. The molecule has 2 aliphatic heterocycles. The van der Waals surface area contributed by atoms with Crippen LogP contribution in [0.15, 0.2) is 11.3 Å². The molecule has 2 nitrogen and oxygen atoms in total. The lowest BCUT2D eigenvalue weighted by molar-refractivity contribution is -0.116. The van der Waals surface area contributed by atoms with Crippen molar-refractivity contribution in [1.82, 2.24) is 4.90 Å². The Morgan fingerprint density at radius 2 is 2.00 bits per heavy atom. The summed E-state index contributed by atoms with van der Waals surface area (Å²) in [6.07, 6.45) is 4.41. The minimum atomic E-state index is 0.364. The van der Waals surface area contributed by atoms with Gasteiger partial charge in [-0.1, -0.05) is 0 Å². The van der Waals surface area contributed by atoms with Gasteiger partial charge in [0.05, 0.1) is 0 Å². The predicted octanol–water partition coefficient (Wildman–Crippen LogP) is 1.72. The summed E-state index contributed by atoms with van der Waals surface area (Å²) in [6.45, 7) is 4.11. The average Bonchev–Trinajstić information content (AvgIpc) is 2.12. The number of carbonyl (C=O) groups is 1. The molecule has 0 bridgehead atoms. The molecule has 2 heteroatoms. The Bertz CT molecular complexity index is 242. The molecule has 0 spiro atoms. The molecule has 0 aromatic carbocycles. The van der Waals surface area contributed by atoms with E-state index in [-0.39, 0.29) is 0 Å². The number of ketones is 1. The molecule has 0 atom stereocenters. The van der Waals surface area contributed by atoms with Gasteiger partial charge in [0, 0.05) is 30.8 Å². The molecule has 12 heavy (non-hydrogen) atoms. The quantitative estimate of drug-likeness (QED) is 0.544. The van der Waals surface area contributed by atoms with E-state index >= 15 is 0 Å². The van der Waals surface area contributed by atoms with Crippen LogP contribution in [-0.2, 0) is 4.79 Å². The summed E-state index contributed by atoms with van der Waals surface area (Å²) < 4.78 is 0. The van der Waals surface area contributed by atoms with Gasteiger partial charge in [0.15, 0.2) is 5.78 Å². The second kappa shape index (κ2) is 2.92. The van der Waals surface area contributed by atoms with Crippen molar-refractivity contribution in [3.8, 4) is 0 Å². The summed E-state index contributed by atoms with van der Waals surface area (Å²) in [6, 6.07) is 0. The van der Waals surface area contributed by atoms with E-state index in [1.807, 2.05) is 6.92 Å². The highest BCUT2D eigenvalue weighted by molar-refractivity contribution is 5.96. The van der Waals surface area contributed by atoms with Crippen LogP contribution in [-0.4, -0.2) is 23.8 Å². The summed E-state index contributed by atoms with van der Waals surface area (Å²) in [4.78, 5) is 13.8. The molecule has 0 aromatic heterocycles. The van der Waals surface area contributed by atoms with Crippen LogP contribution in [0.4, 0.5) is 0 Å². The molecule has 0 amide bonds. The molecule has 1 fully saturated rings. The van der Waals surface area contributed by atoms with E-state index in [0.717, 1.165) is 25.0 Å². The summed E-state index contributed by atoms with van der Waals surface area (Å²) >= 11 is 0. The molecule has 1 saturated heterocycles. The molecule has 2 rings (SSSR count). The van der Waals surface area contributed by atoms with Gasteiger partial charge in [-0.05, 0) is 26.2 Å². The summed E-state index contributed by atoms with van der Waals surface area (Å²) in [5.41, 5.74) is 2.36. The molecule has 0 aromatic rings. The minimum absolute atomic E-state index is 0.364. The van der Waals surface area contributed by atoms with Crippen LogP contribution < -0.4 is 0 Å². The van der Waals surface area contributed by atoms with Gasteiger partial charge in [0.1, 0.15) is 0 Å². The third-order valence-corrected chi connectivity index (χ3v) is 2.93. The molecule has 2 aliphatic rings. The van der Waals surface area contributed by atoms with E-state index in [2.05, 4.69) is 4.90 Å². The van der Waals surface area contributed by atoms with Gasteiger partial charge in [-0.3, -0.25) is 4.79 Å². The molecule has 0 radical (unpaired) electrons. The Balaban J connectivity index is 2.29. The van der Waals surface area contributed by atoms with E-state index in [9.17, 15) is 4.79 Å². The number of allylic oxidation sites excluding steroid dienone is 2. The molecular weight excluding hydrogens is 150 g/mol. The molecular formula is C10H15NO. The fourth-order valence-corrected chi connectivity index (χ4v) is 2.14. The van der Waals surface area contributed by atoms with Gasteiger partial charge in [-0.25, -0.2) is 0 Å². The molecule has 66 valence electrons. The monoisotopic (exact) mass is 165 g/mol. The summed E-state index contributed by atoms with van der Waals surface area (Å²) in [7, 11) is 0. The smallest absolute Gasteiger partial charge is 0.162 e. The van der Waals surface area contributed by atoms with Crippen LogP contribution in [0, 0.1) is 0 Å². The van der Waals surface area contributed by atoms with Crippen molar-refractivity contribution in [2.75, 3.05) is 13.1 Å². The Kier molecular flexibility index (Phi) is 1.91. The van der Waals surface area contributed by atoms with E-state index in [4.69, 9.17) is 0 Å². The standard InChI is InChI=1S/C10H15NO/c1-8-9-4-2-3-6-11(9)7-5-10(8)12/h2-7H2,1H3. The maximum atomic E-state index is 11.4. The van der Waals surface area contributed by atoms with Crippen molar-refractivity contribution in [2.24, 2.45) is 0 Å². The van der Waals surface area contributed by atoms with Crippen LogP contribution in [0.25, 0.3) is 0 Å². The zero-order chi connectivity index (χ0) is 8.55. The van der Waals surface area contributed by atoms with Crippen molar-refractivity contribution in [1.29, 1.82) is 0 Å². The number of hydrogen-bond donors (Lipinski definition) is 0. The van der Waals surface area contributed by atoms with Gasteiger partial charge < -0.3 is 4.90 Å². The third kappa shape index (κ3) is 1.15. The van der Waals surface area contributed by atoms with Crippen molar-refractivity contribution in [3.05, 3.63) is 11.3 Å². The maximum Gasteiger partial charge on any atom is 0.162 e. The SMILES string of the molecule is CC1=C2CCCCN2CCC1=O. The number of Topliss-reactive ketones (excluding diaryl/α,β-unsaturated/α-hetero) is 1. The normalized spacial score (nSPS) is 24.4. The first-order valence-electron chi connectivity index (χ1n) is 4.77. The van der Waals surface area contributed by atoms with Crippen LogP contribution in [0.1, 0.15) is 32.6 Å². The predicted molar refractivity (Wildman–Crippen MR) is 47.7 cm³/mol. The number of carbonyl (C=O) groups excluding carboxylic acids is 1. The fourth-order valence-electron chi connectivity index (χ4n) is 2.14. The first kappa shape index (κ1) is 7.84. The van der Waals surface area contributed by atoms with E-state index in [1.165, 1.54) is 25.1 Å². The number of piperidine rings is 1. The molecule has 0 unspecified atom stereocenters. The number of hydrogen-bond acceptors (Lipinski definition) is 2. The zero-order valence-electron chi connectivity index (χ0n) is 7.60. The molecule has 0 saturated carbocycles. The highest BCUT2D eigenvalue weighted by Gasteiger charge is 2.24. The van der Waals surface area contributed by atoms with Gasteiger partial charge in [-0.2, -0.15) is 0 Å². The lowest BCUT2D eigenvalue weighted by Crippen LogP contribution is -2.35. The zero-order valence-corrected chi connectivity index (χ0v) is 7.60. The van der Waals surface area contributed by atoms with Gasteiger partial charge in [-0.15, -0.1) is 0 Å². The van der Waals surface area contributed by atoms with Crippen molar-refractivity contribution < 1.29 is 4.79 Å². The Morgan fingerprint density at radius 3 is 2.83 bits per heavy atom. The fraction of sp³-hybridized carbons (Fsp3) is 0.700. The Hall–Kier alpha value is -0.790. The minimum Gasteiger partial charge on any atom is -0.374 e. The second-order valence-corrected chi connectivity index (χ2v) is 3.69. The number of nitrogens with zero attached hydrogens (tertiary/aromatic N) is 1. The van der Waals surface area contributed by atoms with Crippen LogP contribution in [0.2, 0.25) is 0 Å². The number of fused-ring (bicyclic) bond motifs is 1. The van der Waals surface area contributed by atoms with Crippen molar-refractivity contribution >= 4 is 5.78 Å². The van der Waals surface area contributed by atoms with E-state index in [1.54, 1.807) is 0 Å². The van der Waals surface area contributed by atoms with E-state index in [0.29, 0.717) is 5.78 Å². The molecule has 2 heterocycles. The summed E-state index contributed by atoms with van der Waals surface area (Å²) in [5, 5.41) is 0. The topological polar surface area (TPSA) is 20.3 Å². The highest BCUT2D eigenvalue weighted by atomic mass is 16.1. The highest BCUT2D eigenvalue weighted by Crippen LogP contribution is 2.27. The lowest BCUT2D eigenvalue weighted by Gasteiger charge is -2.35. The second-order valence-electron chi connectivity index (χ2n) is 3.69. The Morgan fingerprint density at radius 1 is 1.17 bits per heavy atom. The van der Waals surface area contributed by atoms with Crippen molar-refractivity contribution in [2.45, 2.75) is 32.6 Å². The van der Waals surface area contributed by atoms with Crippen molar-refractivity contribution in [3.63, 3.8) is 0 Å². The molecule has 0 aliphatic carbocycles. The van der Waals surface area contributed by atoms with Gasteiger partial charge in [0.2, 0.25) is 0 Å². The van der Waals surface area contributed by atoms with Gasteiger partial charge in [0.25, 0.3) is 0 Å². The maximum absolute atomic E-state index is 11.4.